The summed E-state index contributed by atoms with van der Waals surface area (Å²) in [6.07, 6.45) is -1.86. The average molecular weight is 333 g/mol. The predicted octanol–water partition coefficient (Wildman–Crippen LogP) is 2.98. The van der Waals surface area contributed by atoms with E-state index in [1.807, 2.05) is 0 Å². The Labute approximate surface area is 96.2 Å². The SMILES string of the molecule is O=C(O)c1ncc(Cl)c(I)c1C(F)F. The van der Waals surface area contributed by atoms with Crippen LogP contribution < -0.4 is 0 Å². The predicted molar refractivity (Wildman–Crippen MR) is 53.9 cm³/mol. The minimum absolute atomic E-state index is 0.0194. The molecule has 76 valence electrons. The van der Waals surface area contributed by atoms with Gasteiger partial charge in [0.1, 0.15) is 0 Å². The molecule has 0 aliphatic carbocycles. The summed E-state index contributed by atoms with van der Waals surface area (Å²) in [6.45, 7) is 0. The first-order valence-electron chi connectivity index (χ1n) is 3.30. The Morgan fingerprint density at radius 1 is 1.64 bits per heavy atom. The summed E-state index contributed by atoms with van der Waals surface area (Å²) in [7, 11) is 0. The smallest absolute Gasteiger partial charge is 0.355 e. The maximum atomic E-state index is 12.5. The van der Waals surface area contributed by atoms with Crippen LogP contribution >= 0.6 is 34.2 Å². The van der Waals surface area contributed by atoms with E-state index in [1.165, 1.54) is 0 Å². The van der Waals surface area contributed by atoms with Crippen LogP contribution in [0.4, 0.5) is 8.78 Å². The largest absolute Gasteiger partial charge is 0.476 e. The number of carbonyl (C=O) groups is 1. The molecule has 14 heavy (non-hydrogen) atoms. The van der Waals surface area contributed by atoms with Gasteiger partial charge < -0.3 is 5.11 Å². The Hall–Kier alpha value is -0.500. The number of pyridine rings is 1. The van der Waals surface area contributed by atoms with Crippen LogP contribution in [-0.2, 0) is 0 Å². The summed E-state index contributed by atoms with van der Waals surface area (Å²) in [5, 5.41) is 8.61. The van der Waals surface area contributed by atoms with E-state index in [1.54, 1.807) is 22.6 Å². The van der Waals surface area contributed by atoms with Gasteiger partial charge in [-0.3, -0.25) is 0 Å². The van der Waals surface area contributed by atoms with Crippen LogP contribution in [0.3, 0.4) is 0 Å². The van der Waals surface area contributed by atoms with Gasteiger partial charge in [0.15, 0.2) is 5.69 Å². The van der Waals surface area contributed by atoms with Crippen LogP contribution in [0.25, 0.3) is 0 Å². The minimum atomic E-state index is -2.90. The van der Waals surface area contributed by atoms with Crippen LogP contribution in [-0.4, -0.2) is 16.1 Å². The number of nitrogens with zero attached hydrogens (tertiary/aromatic N) is 1. The maximum Gasteiger partial charge on any atom is 0.355 e. The lowest BCUT2D eigenvalue weighted by molar-refractivity contribution is 0.0676. The summed E-state index contributed by atoms with van der Waals surface area (Å²) >= 11 is 7.10. The molecule has 0 atom stereocenters. The van der Waals surface area contributed by atoms with Crippen molar-refractivity contribution in [3.05, 3.63) is 26.0 Å². The van der Waals surface area contributed by atoms with Crippen molar-refractivity contribution < 1.29 is 18.7 Å². The van der Waals surface area contributed by atoms with E-state index in [9.17, 15) is 13.6 Å². The van der Waals surface area contributed by atoms with E-state index in [0.29, 0.717) is 0 Å². The standard InChI is InChI=1S/C7H3ClF2INO2/c8-2-1-12-5(7(13)14)3(4(2)11)6(9)10/h1,6H,(H,13,14). The van der Waals surface area contributed by atoms with Gasteiger partial charge in [0.2, 0.25) is 0 Å². The second-order valence-electron chi connectivity index (χ2n) is 2.29. The molecule has 0 aliphatic heterocycles. The number of hydrogen-bond acceptors (Lipinski definition) is 2. The Morgan fingerprint density at radius 3 is 2.64 bits per heavy atom. The van der Waals surface area contributed by atoms with Gasteiger partial charge in [-0.1, -0.05) is 11.6 Å². The van der Waals surface area contributed by atoms with Crippen molar-refractivity contribution in [2.75, 3.05) is 0 Å². The lowest BCUT2D eigenvalue weighted by Crippen LogP contribution is -2.08. The fraction of sp³-hybridized carbons (Fsp3) is 0.143. The molecule has 0 aliphatic rings. The third-order valence-corrected chi connectivity index (χ3v) is 3.20. The highest BCUT2D eigenvalue weighted by Crippen LogP contribution is 2.31. The molecular formula is C7H3ClF2INO2. The summed E-state index contributed by atoms with van der Waals surface area (Å²) < 4.78 is 24.9. The molecular weight excluding hydrogens is 330 g/mol. The van der Waals surface area contributed by atoms with Crippen LogP contribution in [0.15, 0.2) is 6.20 Å². The molecule has 1 heterocycles. The van der Waals surface area contributed by atoms with Crippen LogP contribution in [0, 0.1) is 3.57 Å². The van der Waals surface area contributed by atoms with E-state index in [0.717, 1.165) is 6.20 Å². The molecule has 0 unspecified atom stereocenters. The first-order valence-corrected chi connectivity index (χ1v) is 4.76. The van der Waals surface area contributed by atoms with Crippen LogP contribution in [0.5, 0.6) is 0 Å². The molecule has 3 nitrogen and oxygen atoms in total. The molecule has 1 aromatic heterocycles. The third kappa shape index (κ3) is 2.11. The van der Waals surface area contributed by atoms with Crippen molar-refractivity contribution in [2.24, 2.45) is 0 Å². The summed E-state index contributed by atoms with van der Waals surface area (Å²) in [4.78, 5) is 13.9. The van der Waals surface area contributed by atoms with Gasteiger partial charge in [0, 0.05) is 9.77 Å². The van der Waals surface area contributed by atoms with Gasteiger partial charge in [0.25, 0.3) is 6.43 Å². The van der Waals surface area contributed by atoms with Gasteiger partial charge in [-0.05, 0) is 22.6 Å². The minimum Gasteiger partial charge on any atom is -0.476 e. The molecule has 0 fully saturated rings. The van der Waals surface area contributed by atoms with E-state index in [4.69, 9.17) is 16.7 Å². The molecule has 0 amide bonds. The molecule has 0 radical (unpaired) electrons. The topological polar surface area (TPSA) is 50.2 Å². The second-order valence-corrected chi connectivity index (χ2v) is 3.77. The molecule has 0 bridgehead atoms. The van der Waals surface area contributed by atoms with Crippen molar-refractivity contribution in [3.8, 4) is 0 Å². The molecule has 0 saturated carbocycles. The fourth-order valence-corrected chi connectivity index (χ4v) is 1.63. The van der Waals surface area contributed by atoms with Crippen molar-refractivity contribution in [3.63, 3.8) is 0 Å². The Balaban J connectivity index is 3.45. The fourth-order valence-electron chi connectivity index (χ4n) is 0.850. The molecule has 1 aromatic rings. The first kappa shape index (κ1) is 11.6. The Bertz CT molecular complexity index is 386. The number of rotatable bonds is 2. The molecule has 0 aromatic carbocycles. The highest BCUT2D eigenvalue weighted by atomic mass is 127. The maximum absolute atomic E-state index is 12.5. The number of halogens is 4. The van der Waals surface area contributed by atoms with E-state index < -0.39 is 23.7 Å². The average Bonchev–Trinajstić information content (AvgIpc) is 2.08. The lowest BCUT2D eigenvalue weighted by atomic mass is 10.2. The molecule has 0 spiro atoms. The number of hydrogen-bond donors (Lipinski definition) is 1. The Morgan fingerprint density at radius 2 is 2.21 bits per heavy atom. The van der Waals surface area contributed by atoms with E-state index in [2.05, 4.69) is 4.98 Å². The Kier molecular flexibility index (Phi) is 3.59. The zero-order valence-corrected chi connectivity index (χ0v) is 9.38. The number of aromatic nitrogens is 1. The van der Waals surface area contributed by atoms with Crippen molar-refractivity contribution in [1.29, 1.82) is 0 Å². The van der Waals surface area contributed by atoms with Crippen LogP contribution in [0.1, 0.15) is 22.5 Å². The first-order chi connectivity index (χ1) is 6.45. The summed E-state index contributed by atoms with van der Waals surface area (Å²) in [5.41, 5.74) is -1.29. The molecule has 7 heteroatoms. The van der Waals surface area contributed by atoms with Crippen molar-refractivity contribution in [2.45, 2.75) is 6.43 Å². The molecule has 1 rings (SSSR count). The number of alkyl halides is 2. The van der Waals surface area contributed by atoms with E-state index >= 15 is 0 Å². The summed E-state index contributed by atoms with van der Waals surface area (Å²) in [6, 6.07) is 0. The quantitative estimate of drug-likeness (QED) is 0.847. The number of aromatic carboxylic acids is 1. The lowest BCUT2D eigenvalue weighted by Gasteiger charge is -2.07. The van der Waals surface area contributed by atoms with Gasteiger partial charge in [0.05, 0.1) is 10.6 Å². The van der Waals surface area contributed by atoms with Crippen molar-refractivity contribution in [1.82, 2.24) is 4.98 Å². The van der Waals surface area contributed by atoms with Gasteiger partial charge in [-0.2, -0.15) is 0 Å². The highest BCUT2D eigenvalue weighted by molar-refractivity contribution is 14.1. The van der Waals surface area contributed by atoms with E-state index in [-0.39, 0.29) is 8.59 Å². The summed E-state index contributed by atoms with van der Waals surface area (Å²) in [5.74, 6) is -1.49. The highest BCUT2D eigenvalue weighted by Gasteiger charge is 2.24. The van der Waals surface area contributed by atoms with Gasteiger partial charge in [-0.15, -0.1) is 0 Å². The number of carboxylic acid groups (broad SMARTS) is 1. The molecule has 1 N–H and O–H groups in total. The zero-order valence-electron chi connectivity index (χ0n) is 6.47. The van der Waals surface area contributed by atoms with Gasteiger partial charge in [-0.25, -0.2) is 18.6 Å². The van der Waals surface area contributed by atoms with Crippen LogP contribution in [0.2, 0.25) is 5.02 Å². The third-order valence-electron chi connectivity index (χ3n) is 1.43. The van der Waals surface area contributed by atoms with Crippen molar-refractivity contribution >= 4 is 40.2 Å². The normalized spacial score (nSPS) is 10.6. The van der Waals surface area contributed by atoms with Gasteiger partial charge >= 0.3 is 5.97 Å². The zero-order chi connectivity index (χ0) is 10.9. The number of carboxylic acids is 1. The second kappa shape index (κ2) is 4.35. The monoisotopic (exact) mass is 333 g/mol. The molecule has 0 saturated heterocycles.